The number of ether oxygens (including phenoxy) is 2. The standard InChI is InChI=1S/C20H22N2O5/c23-18(22-25)14-20(10-12-26-13-11-20)21-19(24)15-6-8-17(9-7-15)27-16-4-2-1-3-5-16/h1-9,25H,10-14H2,(H,21,24)(H,22,23). The van der Waals surface area contributed by atoms with Crippen LogP contribution in [0.5, 0.6) is 11.5 Å². The Kier molecular flexibility index (Phi) is 6.05. The molecule has 7 nitrogen and oxygen atoms in total. The van der Waals surface area contributed by atoms with E-state index in [1.807, 2.05) is 30.3 Å². The van der Waals surface area contributed by atoms with Gasteiger partial charge in [-0.2, -0.15) is 0 Å². The molecule has 142 valence electrons. The lowest BCUT2D eigenvalue weighted by atomic mass is 9.86. The molecule has 3 N–H and O–H groups in total. The van der Waals surface area contributed by atoms with Gasteiger partial charge in [-0.25, -0.2) is 5.48 Å². The summed E-state index contributed by atoms with van der Waals surface area (Å²) >= 11 is 0. The average Bonchev–Trinajstić information content (AvgIpc) is 2.69. The number of carbonyl (C=O) groups excluding carboxylic acids is 2. The number of nitrogens with one attached hydrogen (secondary N) is 2. The normalized spacial score (nSPS) is 15.6. The zero-order valence-electron chi connectivity index (χ0n) is 14.8. The molecular formula is C20H22N2O5. The van der Waals surface area contributed by atoms with Gasteiger partial charge in [-0.3, -0.25) is 14.8 Å². The molecule has 0 radical (unpaired) electrons. The van der Waals surface area contributed by atoms with Crippen LogP contribution in [-0.4, -0.2) is 35.8 Å². The lowest BCUT2D eigenvalue weighted by Gasteiger charge is -2.37. The molecule has 0 saturated carbocycles. The predicted molar refractivity (Wildman–Crippen MR) is 97.8 cm³/mol. The Morgan fingerprint density at radius 1 is 1.00 bits per heavy atom. The zero-order valence-corrected chi connectivity index (χ0v) is 14.8. The Balaban J connectivity index is 1.67. The van der Waals surface area contributed by atoms with Crippen LogP contribution < -0.4 is 15.5 Å². The molecule has 7 heteroatoms. The van der Waals surface area contributed by atoms with E-state index in [1.165, 1.54) is 0 Å². The Morgan fingerprint density at radius 3 is 2.26 bits per heavy atom. The summed E-state index contributed by atoms with van der Waals surface area (Å²) in [5.41, 5.74) is 1.36. The lowest BCUT2D eigenvalue weighted by Crippen LogP contribution is -2.54. The number of benzene rings is 2. The van der Waals surface area contributed by atoms with Crippen molar-refractivity contribution < 1.29 is 24.3 Å². The van der Waals surface area contributed by atoms with Crippen LogP contribution in [-0.2, 0) is 9.53 Å². The highest BCUT2D eigenvalue weighted by atomic mass is 16.5. The van der Waals surface area contributed by atoms with Crippen molar-refractivity contribution in [2.45, 2.75) is 24.8 Å². The number of para-hydroxylation sites is 1. The third-order valence-corrected chi connectivity index (χ3v) is 4.55. The van der Waals surface area contributed by atoms with Crippen LogP contribution >= 0.6 is 0 Å². The summed E-state index contributed by atoms with van der Waals surface area (Å²) in [6, 6.07) is 16.2. The van der Waals surface area contributed by atoms with Crippen molar-refractivity contribution in [2.75, 3.05) is 13.2 Å². The molecule has 1 aliphatic rings. The minimum atomic E-state index is -0.735. The molecule has 0 aliphatic carbocycles. The summed E-state index contributed by atoms with van der Waals surface area (Å²) in [6.45, 7) is 0.895. The molecule has 3 rings (SSSR count). The second-order valence-electron chi connectivity index (χ2n) is 6.50. The summed E-state index contributed by atoms with van der Waals surface area (Å²) in [7, 11) is 0. The first-order chi connectivity index (χ1) is 13.1. The lowest BCUT2D eigenvalue weighted by molar-refractivity contribution is -0.131. The number of amides is 2. The topological polar surface area (TPSA) is 96.9 Å². The van der Waals surface area contributed by atoms with E-state index in [4.69, 9.17) is 14.7 Å². The smallest absolute Gasteiger partial charge is 0.251 e. The maximum absolute atomic E-state index is 12.7. The molecule has 27 heavy (non-hydrogen) atoms. The highest BCUT2D eigenvalue weighted by molar-refractivity contribution is 5.95. The Bertz CT molecular complexity index is 771. The number of hydroxylamine groups is 1. The van der Waals surface area contributed by atoms with Gasteiger partial charge in [0.05, 0.1) is 12.0 Å². The van der Waals surface area contributed by atoms with Gasteiger partial charge in [0.2, 0.25) is 5.91 Å². The molecule has 2 aromatic rings. The molecule has 0 aromatic heterocycles. The van der Waals surface area contributed by atoms with Crippen LogP contribution in [0, 0.1) is 0 Å². The predicted octanol–water partition coefficient (Wildman–Crippen LogP) is 2.65. The van der Waals surface area contributed by atoms with Gasteiger partial charge in [0.25, 0.3) is 5.91 Å². The van der Waals surface area contributed by atoms with Crippen molar-refractivity contribution in [3.63, 3.8) is 0 Å². The quantitative estimate of drug-likeness (QED) is 0.537. The van der Waals surface area contributed by atoms with Crippen LogP contribution in [0.3, 0.4) is 0 Å². The van der Waals surface area contributed by atoms with Gasteiger partial charge in [-0.05, 0) is 49.2 Å². The Morgan fingerprint density at radius 2 is 1.63 bits per heavy atom. The highest BCUT2D eigenvalue weighted by Crippen LogP contribution is 2.26. The molecule has 1 heterocycles. The van der Waals surface area contributed by atoms with Gasteiger partial charge in [0.15, 0.2) is 0 Å². The van der Waals surface area contributed by atoms with Gasteiger partial charge in [0.1, 0.15) is 11.5 Å². The monoisotopic (exact) mass is 370 g/mol. The summed E-state index contributed by atoms with van der Waals surface area (Å²) in [5.74, 6) is 0.516. The van der Waals surface area contributed by atoms with Crippen LogP contribution in [0.2, 0.25) is 0 Å². The number of carbonyl (C=O) groups is 2. The maximum atomic E-state index is 12.7. The minimum Gasteiger partial charge on any atom is -0.457 e. The van der Waals surface area contributed by atoms with Crippen molar-refractivity contribution in [2.24, 2.45) is 0 Å². The van der Waals surface area contributed by atoms with Crippen molar-refractivity contribution >= 4 is 11.8 Å². The molecule has 1 saturated heterocycles. The molecule has 0 atom stereocenters. The van der Waals surface area contributed by atoms with Gasteiger partial charge >= 0.3 is 0 Å². The Hall–Kier alpha value is -2.90. The van der Waals surface area contributed by atoms with Gasteiger partial charge in [0, 0.05) is 18.8 Å². The minimum absolute atomic E-state index is 0.00615. The third-order valence-electron chi connectivity index (χ3n) is 4.55. The second-order valence-corrected chi connectivity index (χ2v) is 6.50. The van der Waals surface area contributed by atoms with E-state index in [2.05, 4.69) is 5.32 Å². The van der Waals surface area contributed by atoms with Gasteiger partial charge < -0.3 is 14.8 Å². The fraction of sp³-hybridized carbons (Fsp3) is 0.300. The molecule has 1 aliphatic heterocycles. The molecule has 2 aromatic carbocycles. The van der Waals surface area contributed by atoms with Crippen LogP contribution in [0.25, 0.3) is 0 Å². The number of rotatable bonds is 6. The zero-order chi connectivity index (χ0) is 19.1. The van der Waals surface area contributed by atoms with E-state index in [0.29, 0.717) is 43.1 Å². The van der Waals surface area contributed by atoms with Crippen molar-refractivity contribution in [1.82, 2.24) is 10.8 Å². The third kappa shape index (κ3) is 5.06. The van der Waals surface area contributed by atoms with Crippen molar-refractivity contribution in [1.29, 1.82) is 0 Å². The SMILES string of the molecule is O=C(CC1(NC(=O)c2ccc(Oc3ccccc3)cc2)CCOCC1)NO. The summed E-state index contributed by atoms with van der Waals surface area (Å²) < 4.78 is 11.1. The highest BCUT2D eigenvalue weighted by Gasteiger charge is 2.36. The fourth-order valence-electron chi connectivity index (χ4n) is 3.07. The molecule has 0 unspecified atom stereocenters. The van der Waals surface area contributed by atoms with Crippen LogP contribution in [0.4, 0.5) is 0 Å². The van der Waals surface area contributed by atoms with Crippen molar-refractivity contribution in [3.8, 4) is 11.5 Å². The van der Waals surface area contributed by atoms with Gasteiger partial charge in [-0.15, -0.1) is 0 Å². The van der Waals surface area contributed by atoms with E-state index < -0.39 is 11.4 Å². The first-order valence-electron chi connectivity index (χ1n) is 8.76. The molecule has 1 fully saturated rings. The largest absolute Gasteiger partial charge is 0.457 e. The summed E-state index contributed by atoms with van der Waals surface area (Å²) in [5, 5.41) is 11.8. The van der Waals surface area contributed by atoms with Crippen LogP contribution in [0.15, 0.2) is 54.6 Å². The number of hydrogen-bond acceptors (Lipinski definition) is 5. The van der Waals surface area contributed by atoms with E-state index >= 15 is 0 Å². The molecular weight excluding hydrogens is 348 g/mol. The summed E-state index contributed by atoms with van der Waals surface area (Å²) in [6.07, 6.45) is 0.997. The number of hydrogen-bond donors (Lipinski definition) is 3. The fourth-order valence-corrected chi connectivity index (χ4v) is 3.07. The van der Waals surface area contributed by atoms with Gasteiger partial charge in [-0.1, -0.05) is 18.2 Å². The maximum Gasteiger partial charge on any atom is 0.251 e. The molecule has 2 amide bonds. The average molecular weight is 370 g/mol. The first kappa shape index (κ1) is 18.9. The van der Waals surface area contributed by atoms with E-state index in [-0.39, 0.29) is 12.3 Å². The first-order valence-corrected chi connectivity index (χ1v) is 8.76. The van der Waals surface area contributed by atoms with E-state index in [0.717, 1.165) is 0 Å². The van der Waals surface area contributed by atoms with E-state index in [1.54, 1.807) is 29.7 Å². The molecule has 0 spiro atoms. The van der Waals surface area contributed by atoms with Crippen molar-refractivity contribution in [3.05, 3.63) is 60.2 Å². The van der Waals surface area contributed by atoms with Crippen LogP contribution in [0.1, 0.15) is 29.6 Å². The summed E-state index contributed by atoms with van der Waals surface area (Å²) in [4.78, 5) is 24.3. The Labute approximate surface area is 157 Å². The van der Waals surface area contributed by atoms with E-state index in [9.17, 15) is 9.59 Å². The molecule has 0 bridgehead atoms. The second kappa shape index (κ2) is 8.66.